The Morgan fingerprint density at radius 1 is 0.967 bits per heavy atom. The molecule has 0 aromatic heterocycles. The van der Waals surface area contributed by atoms with Gasteiger partial charge in [-0.3, -0.25) is 9.59 Å². The first kappa shape index (κ1) is 29.2. The quantitative estimate of drug-likeness (QED) is 0.252. The fourth-order valence-corrected chi connectivity index (χ4v) is 4.85. The second-order valence-electron chi connectivity index (χ2n) is 12.3. The van der Waals surface area contributed by atoms with Crippen molar-refractivity contribution in [2.75, 3.05) is 0 Å². The van der Waals surface area contributed by atoms with Crippen LogP contribution in [-0.2, 0) is 13.8 Å². The molecule has 0 aliphatic rings. The van der Waals surface area contributed by atoms with Crippen LogP contribution >= 0.6 is 12.9 Å². The van der Waals surface area contributed by atoms with Crippen LogP contribution in [0.4, 0.5) is 0 Å². The van der Waals surface area contributed by atoms with Gasteiger partial charge in [-0.2, -0.15) is 0 Å². The van der Waals surface area contributed by atoms with Crippen LogP contribution in [0.1, 0.15) is 108 Å². The van der Waals surface area contributed by atoms with Gasteiger partial charge < -0.3 is 15.2 Å². The maximum Gasteiger partial charge on any atom is 0.317 e. The molecule has 0 saturated heterocycles. The van der Waals surface area contributed by atoms with E-state index in [1.165, 1.54) is 0 Å². The summed E-state index contributed by atoms with van der Waals surface area (Å²) >= 11 is 3.56. The average Bonchev–Trinajstić information content (AvgIpc) is 2.48. The van der Waals surface area contributed by atoms with Crippen LogP contribution < -0.4 is 11.1 Å². The van der Waals surface area contributed by atoms with Gasteiger partial charge in [0.25, 0.3) is 0 Å². The SMILES string of the molecule is CC(CC(C)(N)CC(C)(C)C(C)C)NC(=O)CC(C)(C)CC(C)(C)CCC(=O)OS. The molecule has 0 bridgehead atoms. The highest BCUT2D eigenvalue weighted by Crippen LogP contribution is 2.39. The van der Waals surface area contributed by atoms with Gasteiger partial charge in [0, 0.05) is 37.3 Å². The zero-order chi connectivity index (χ0) is 24.0. The molecule has 0 rings (SSSR count). The number of carbonyl (C=O) groups is 2. The van der Waals surface area contributed by atoms with E-state index in [9.17, 15) is 9.59 Å². The summed E-state index contributed by atoms with van der Waals surface area (Å²) in [6.45, 7) is 21.5. The Hall–Kier alpha value is -0.750. The number of nitrogens with two attached hydrogens (primary N) is 1. The molecule has 0 aliphatic heterocycles. The number of hydrogen-bond acceptors (Lipinski definition) is 5. The van der Waals surface area contributed by atoms with E-state index >= 15 is 0 Å². The number of carbonyl (C=O) groups excluding carboxylic acids is 2. The van der Waals surface area contributed by atoms with Crippen molar-refractivity contribution in [2.24, 2.45) is 27.9 Å². The van der Waals surface area contributed by atoms with E-state index in [-0.39, 0.29) is 39.7 Å². The summed E-state index contributed by atoms with van der Waals surface area (Å²) in [7, 11) is 0. The first-order chi connectivity index (χ1) is 13.3. The van der Waals surface area contributed by atoms with Gasteiger partial charge in [0.15, 0.2) is 0 Å². The minimum Gasteiger partial charge on any atom is -0.395 e. The van der Waals surface area contributed by atoms with Crippen LogP contribution in [-0.4, -0.2) is 23.5 Å². The smallest absolute Gasteiger partial charge is 0.317 e. The van der Waals surface area contributed by atoms with Crippen molar-refractivity contribution in [1.82, 2.24) is 5.32 Å². The summed E-state index contributed by atoms with van der Waals surface area (Å²) in [4.78, 5) is 24.1. The van der Waals surface area contributed by atoms with Gasteiger partial charge in [0.1, 0.15) is 0 Å². The predicted octanol–water partition coefficient (Wildman–Crippen LogP) is 5.67. The average molecular weight is 445 g/mol. The van der Waals surface area contributed by atoms with E-state index in [2.05, 4.69) is 84.7 Å². The van der Waals surface area contributed by atoms with E-state index in [0.717, 1.165) is 19.3 Å². The van der Waals surface area contributed by atoms with Crippen LogP contribution in [0.2, 0.25) is 0 Å². The Balaban J connectivity index is 4.73. The summed E-state index contributed by atoms with van der Waals surface area (Å²) in [6.07, 6.45) is 3.96. The fourth-order valence-electron chi connectivity index (χ4n) is 4.76. The van der Waals surface area contributed by atoms with E-state index in [4.69, 9.17) is 5.73 Å². The molecule has 6 heteroatoms. The molecule has 0 heterocycles. The lowest BCUT2D eigenvalue weighted by Crippen LogP contribution is -2.48. The molecule has 5 nitrogen and oxygen atoms in total. The van der Waals surface area contributed by atoms with Gasteiger partial charge in [-0.15, -0.1) is 0 Å². The van der Waals surface area contributed by atoms with Gasteiger partial charge in [-0.05, 0) is 61.7 Å². The predicted molar refractivity (Wildman–Crippen MR) is 129 cm³/mol. The molecule has 2 atom stereocenters. The summed E-state index contributed by atoms with van der Waals surface area (Å²) < 4.78 is 4.45. The lowest BCUT2D eigenvalue weighted by Gasteiger charge is -2.39. The molecule has 0 spiro atoms. The van der Waals surface area contributed by atoms with E-state index in [1.807, 2.05) is 6.92 Å². The van der Waals surface area contributed by atoms with Crippen molar-refractivity contribution in [3.05, 3.63) is 0 Å². The molecule has 0 fully saturated rings. The van der Waals surface area contributed by atoms with Gasteiger partial charge in [0.05, 0.1) is 0 Å². The Morgan fingerprint density at radius 3 is 1.97 bits per heavy atom. The second-order valence-corrected chi connectivity index (χ2v) is 12.5. The summed E-state index contributed by atoms with van der Waals surface area (Å²) in [5.74, 6) is 0.280. The third-order valence-corrected chi connectivity index (χ3v) is 6.51. The lowest BCUT2D eigenvalue weighted by atomic mass is 9.70. The number of rotatable bonds is 13. The molecule has 30 heavy (non-hydrogen) atoms. The molecular weight excluding hydrogens is 396 g/mol. The van der Waals surface area contributed by atoms with Gasteiger partial charge >= 0.3 is 5.97 Å². The maximum absolute atomic E-state index is 12.7. The highest BCUT2D eigenvalue weighted by molar-refractivity contribution is 7.75. The van der Waals surface area contributed by atoms with Gasteiger partial charge in [0.2, 0.25) is 5.91 Å². The van der Waals surface area contributed by atoms with Crippen LogP contribution in [0.15, 0.2) is 0 Å². The number of nitrogens with one attached hydrogen (secondary N) is 1. The third kappa shape index (κ3) is 12.2. The largest absolute Gasteiger partial charge is 0.395 e. The summed E-state index contributed by atoms with van der Waals surface area (Å²) in [6, 6.07) is 0.0180. The highest BCUT2D eigenvalue weighted by Gasteiger charge is 2.34. The van der Waals surface area contributed by atoms with Crippen molar-refractivity contribution in [1.29, 1.82) is 0 Å². The van der Waals surface area contributed by atoms with Crippen molar-refractivity contribution < 1.29 is 13.8 Å². The molecule has 0 aliphatic carbocycles. The molecule has 0 saturated carbocycles. The monoisotopic (exact) mass is 444 g/mol. The van der Waals surface area contributed by atoms with Gasteiger partial charge in [-0.1, -0.05) is 55.4 Å². The minimum absolute atomic E-state index is 0.0180. The molecule has 0 aromatic rings. The van der Waals surface area contributed by atoms with E-state index in [0.29, 0.717) is 25.2 Å². The molecular formula is C24H48N2O3S. The first-order valence-electron chi connectivity index (χ1n) is 11.2. The highest BCUT2D eigenvalue weighted by atomic mass is 32.1. The van der Waals surface area contributed by atoms with Gasteiger partial charge in [-0.25, -0.2) is 0 Å². The molecule has 0 aromatic carbocycles. The number of amides is 1. The zero-order valence-electron chi connectivity index (χ0n) is 21.1. The third-order valence-electron chi connectivity index (χ3n) is 6.31. The second kappa shape index (κ2) is 11.2. The van der Waals surface area contributed by atoms with Crippen molar-refractivity contribution >= 4 is 24.8 Å². The molecule has 3 N–H and O–H groups in total. The van der Waals surface area contributed by atoms with Crippen molar-refractivity contribution in [2.45, 2.75) is 119 Å². The Bertz CT molecular complexity index is 569. The van der Waals surface area contributed by atoms with Crippen LogP contribution in [0.25, 0.3) is 0 Å². The summed E-state index contributed by atoms with van der Waals surface area (Å²) in [5.41, 5.74) is 6.17. The lowest BCUT2D eigenvalue weighted by molar-refractivity contribution is -0.133. The topological polar surface area (TPSA) is 81.4 Å². The zero-order valence-corrected chi connectivity index (χ0v) is 22.0. The van der Waals surface area contributed by atoms with E-state index < -0.39 is 0 Å². The van der Waals surface area contributed by atoms with Crippen molar-refractivity contribution in [3.63, 3.8) is 0 Å². The Kier molecular flexibility index (Phi) is 10.9. The molecule has 0 radical (unpaired) electrons. The van der Waals surface area contributed by atoms with E-state index in [1.54, 1.807) is 0 Å². The summed E-state index contributed by atoms with van der Waals surface area (Å²) in [5, 5.41) is 3.15. The minimum atomic E-state index is -0.334. The molecule has 178 valence electrons. The fraction of sp³-hybridized carbons (Fsp3) is 0.917. The standard InChI is InChI=1S/C24H48N2O3S/c1-17(2)23(8,9)16-24(10,25)13-18(3)26-19(27)14-22(6,7)15-21(4,5)12-11-20(28)29-30/h17-18,30H,11-16,25H2,1-10H3,(H,26,27). The molecule has 2 unspecified atom stereocenters. The Labute approximate surface area is 191 Å². The van der Waals surface area contributed by atoms with Crippen LogP contribution in [0.5, 0.6) is 0 Å². The normalized spacial score (nSPS) is 16.2. The maximum atomic E-state index is 12.7. The number of thiol groups is 1. The first-order valence-corrected chi connectivity index (χ1v) is 11.6. The van der Waals surface area contributed by atoms with Crippen LogP contribution in [0, 0.1) is 22.2 Å². The molecule has 1 amide bonds. The number of hydrogen-bond donors (Lipinski definition) is 3. The van der Waals surface area contributed by atoms with Crippen LogP contribution in [0.3, 0.4) is 0 Å². The van der Waals surface area contributed by atoms with Crippen molar-refractivity contribution in [3.8, 4) is 0 Å². The Morgan fingerprint density at radius 2 is 1.50 bits per heavy atom.